The van der Waals surface area contributed by atoms with Gasteiger partial charge >= 0.3 is 5.97 Å². The number of carbonyl (C=O) groups is 1. The zero-order valence-electron chi connectivity index (χ0n) is 15.9. The van der Waals surface area contributed by atoms with Gasteiger partial charge in [0.05, 0.1) is 12.5 Å². The van der Waals surface area contributed by atoms with Gasteiger partial charge in [0.25, 0.3) is 0 Å². The second kappa shape index (κ2) is 6.66. The molecule has 1 heterocycles. The summed E-state index contributed by atoms with van der Waals surface area (Å²) < 4.78 is 18.7. The molecule has 0 amide bonds. The van der Waals surface area contributed by atoms with Crippen molar-refractivity contribution in [2.45, 2.75) is 59.2 Å². The fourth-order valence-corrected chi connectivity index (χ4v) is 3.85. The predicted octanol–water partition coefficient (Wildman–Crippen LogP) is 4.66. The molecule has 2 atom stereocenters. The van der Waals surface area contributed by atoms with Gasteiger partial charge in [-0.1, -0.05) is 45.9 Å². The number of esters is 1. The SMILES string of the molecule is CC1(C)CC(c2ccc(F)cc2)=C(/C=C/[C@@H]2C[C@@H](O)CC(=O)O2)C1(C)C. The number of hydrogen-bond donors (Lipinski definition) is 1. The van der Waals surface area contributed by atoms with Crippen LogP contribution in [-0.4, -0.2) is 23.3 Å². The third kappa shape index (κ3) is 3.48. The number of cyclic esters (lactones) is 1. The minimum atomic E-state index is -0.649. The quantitative estimate of drug-likeness (QED) is 0.800. The van der Waals surface area contributed by atoms with E-state index >= 15 is 0 Å². The first kappa shape index (κ1) is 18.8. The van der Waals surface area contributed by atoms with Gasteiger partial charge in [-0.15, -0.1) is 0 Å². The van der Waals surface area contributed by atoms with Crippen molar-refractivity contribution >= 4 is 11.5 Å². The minimum Gasteiger partial charge on any atom is -0.458 e. The second-order valence-electron chi connectivity index (χ2n) is 8.57. The van der Waals surface area contributed by atoms with Gasteiger partial charge in [-0.05, 0) is 52.2 Å². The summed E-state index contributed by atoms with van der Waals surface area (Å²) >= 11 is 0. The zero-order valence-corrected chi connectivity index (χ0v) is 15.9. The molecule has 1 fully saturated rings. The molecule has 0 spiro atoms. The molecule has 0 aromatic heterocycles. The predicted molar refractivity (Wildman–Crippen MR) is 99.8 cm³/mol. The van der Waals surface area contributed by atoms with Crippen molar-refractivity contribution < 1.29 is 19.0 Å². The Morgan fingerprint density at radius 3 is 2.46 bits per heavy atom. The monoisotopic (exact) mass is 358 g/mol. The molecular weight excluding hydrogens is 331 g/mol. The topological polar surface area (TPSA) is 46.5 Å². The highest BCUT2D eigenvalue weighted by atomic mass is 19.1. The van der Waals surface area contributed by atoms with Crippen LogP contribution in [0.3, 0.4) is 0 Å². The average molecular weight is 358 g/mol. The molecular formula is C22H27FO3. The summed E-state index contributed by atoms with van der Waals surface area (Å²) in [6, 6.07) is 6.61. The molecule has 2 aliphatic rings. The molecule has 1 N–H and O–H groups in total. The molecule has 0 radical (unpaired) electrons. The molecule has 0 bridgehead atoms. The van der Waals surface area contributed by atoms with Gasteiger partial charge in [-0.25, -0.2) is 4.39 Å². The van der Waals surface area contributed by atoms with E-state index in [1.807, 2.05) is 24.3 Å². The lowest BCUT2D eigenvalue weighted by Gasteiger charge is -2.37. The minimum absolute atomic E-state index is 0.0408. The third-order valence-electron chi connectivity index (χ3n) is 6.17. The van der Waals surface area contributed by atoms with Crippen LogP contribution in [0.4, 0.5) is 4.39 Å². The average Bonchev–Trinajstić information content (AvgIpc) is 2.71. The number of rotatable bonds is 3. The fraction of sp³-hybridized carbons (Fsp3) is 0.500. The zero-order chi connectivity index (χ0) is 19.1. The lowest BCUT2D eigenvalue weighted by molar-refractivity contribution is -0.156. The van der Waals surface area contributed by atoms with Gasteiger partial charge < -0.3 is 9.84 Å². The Morgan fingerprint density at radius 2 is 1.85 bits per heavy atom. The van der Waals surface area contributed by atoms with E-state index in [1.54, 1.807) is 0 Å². The maximum Gasteiger partial charge on any atom is 0.309 e. The van der Waals surface area contributed by atoms with Crippen LogP contribution in [0.25, 0.3) is 5.57 Å². The lowest BCUT2D eigenvalue weighted by Crippen LogP contribution is -2.31. The van der Waals surface area contributed by atoms with Crippen LogP contribution in [0, 0.1) is 16.6 Å². The molecule has 3 rings (SSSR count). The highest BCUT2D eigenvalue weighted by molar-refractivity contribution is 5.76. The highest BCUT2D eigenvalue weighted by Crippen LogP contribution is 2.58. The van der Waals surface area contributed by atoms with Crippen LogP contribution in [0.1, 0.15) is 52.5 Å². The Labute approximate surface area is 154 Å². The van der Waals surface area contributed by atoms with Gasteiger partial charge in [0.2, 0.25) is 0 Å². The molecule has 0 saturated carbocycles. The normalized spacial score (nSPS) is 27.8. The molecule has 0 unspecified atom stereocenters. The smallest absolute Gasteiger partial charge is 0.309 e. The van der Waals surface area contributed by atoms with Crippen molar-refractivity contribution in [2.24, 2.45) is 10.8 Å². The Kier molecular flexibility index (Phi) is 4.82. The Morgan fingerprint density at radius 1 is 1.19 bits per heavy atom. The van der Waals surface area contributed by atoms with E-state index in [4.69, 9.17) is 4.74 Å². The number of aliphatic hydroxyl groups is 1. The standard InChI is InChI=1S/C22H27FO3/c1-21(2)13-18(14-5-7-15(23)8-6-14)19(22(21,3)4)10-9-17-11-16(24)12-20(25)26-17/h5-10,16-17,24H,11-13H2,1-4H3/b10-9+/t16-,17-/m1/s1. The molecule has 1 aromatic carbocycles. The van der Waals surface area contributed by atoms with Crippen molar-refractivity contribution in [2.75, 3.05) is 0 Å². The van der Waals surface area contributed by atoms with E-state index in [2.05, 4.69) is 27.7 Å². The van der Waals surface area contributed by atoms with Crippen molar-refractivity contribution in [3.8, 4) is 0 Å². The van der Waals surface area contributed by atoms with Gasteiger partial charge in [-0.2, -0.15) is 0 Å². The summed E-state index contributed by atoms with van der Waals surface area (Å²) in [4.78, 5) is 11.6. The summed E-state index contributed by atoms with van der Waals surface area (Å²) in [5.41, 5.74) is 3.33. The molecule has 1 aliphatic heterocycles. The van der Waals surface area contributed by atoms with Crippen LogP contribution >= 0.6 is 0 Å². The van der Waals surface area contributed by atoms with E-state index in [0.29, 0.717) is 6.42 Å². The van der Waals surface area contributed by atoms with E-state index in [9.17, 15) is 14.3 Å². The van der Waals surface area contributed by atoms with Gasteiger partial charge in [-0.3, -0.25) is 4.79 Å². The van der Waals surface area contributed by atoms with Crippen LogP contribution in [-0.2, 0) is 9.53 Å². The van der Waals surface area contributed by atoms with Crippen molar-refractivity contribution in [3.05, 3.63) is 53.4 Å². The first-order valence-corrected chi connectivity index (χ1v) is 9.15. The Bertz CT molecular complexity index is 756. The molecule has 140 valence electrons. The number of benzene rings is 1. The number of aliphatic hydroxyl groups excluding tert-OH is 1. The maximum atomic E-state index is 13.3. The van der Waals surface area contributed by atoms with E-state index in [-0.39, 0.29) is 29.0 Å². The van der Waals surface area contributed by atoms with Crippen molar-refractivity contribution in [1.82, 2.24) is 0 Å². The molecule has 1 saturated heterocycles. The van der Waals surface area contributed by atoms with Gasteiger partial charge in [0, 0.05) is 6.42 Å². The number of carbonyl (C=O) groups excluding carboxylic acids is 1. The Hall–Kier alpha value is -1.94. The third-order valence-corrected chi connectivity index (χ3v) is 6.17. The van der Waals surface area contributed by atoms with E-state index < -0.39 is 12.2 Å². The van der Waals surface area contributed by atoms with Gasteiger partial charge in [0.15, 0.2) is 0 Å². The number of allylic oxidation sites excluding steroid dienone is 3. The van der Waals surface area contributed by atoms with Crippen molar-refractivity contribution in [3.63, 3.8) is 0 Å². The Balaban J connectivity index is 1.97. The van der Waals surface area contributed by atoms with E-state index in [1.165, 1.54) is 23.3 Å². The number of halogens is 1. The molecule has 4 heteroatoms. The van der Waals surface area contributed by atoms with Crippen LogP contribution in [0.2, 0.25) is 0 Å². The van der Waals surface area contributed by atoms with Crippen LogP contribution < -0.4 is 0 Å². The van der Waals surface area contributed by atoms with E-state index in [0.717, 1.165) is 12.0 Å². The molecule has 1 aliphatic carbocycles. The summed E-state index contributed by atoms with van der Waals surface area (Å²) in [7, 11) is 0. The molecule has 3 nitrogen and oxygen atoms in total. The first-order chi connectivity index (χ1) is 12.1. The van der Waals surface area contributed by atoms with Crippen molar-refractivity contribution in [1.29, 1.82) is 0 Å². The molecule has 26 heavy (non-hydrogen) atoms. The van der Waals surface area contributed by atoms with Gasteiger partial charge in [0.1, 0.15) is 11.9 Å². The highest BCUT2D eigenvalue weighted by Gasteiger charge is 2.46. The maximum absolute atomic E-state index is 13.3. The summed E-state index contributed by atoms with van der Waals surface area (Å²) in [5, 5.41) is 9.80. The molecule has 1 aromatic rings. The summed E-state index contributed by atoms with van der Waals surface area (Å²) in [6.45, 7) is 8.90. The van der Waals surface area contributed by atoms with Crippen LogP contribution in [0.15, 0.2) is 42.0 Å². The lowest BCUT2D eigenvalue weighted by atomic mass is 9.67. The number of ether oxygens (including phenoxy) is 1. The second-order valence-corrected chi connectivity index (χ2v) is 8.57. The summed E-state index contributed by atoms with van der Waals surface area (Å²) in [6.07, 6.45) is 4.22. The largest absolute Gasteiger partial charge is 0.458 e. The number of hydrogen-bond acceptors (Lipinski definition) is 3. The summed E-state index contributed by atoms with van der Waals surface area (Å²) in [5.74, 6) is -0.608. The fourth-order valence-electron chi connectivity index (χ4n) is 3.85. The van der Waals surface area contributed by atoms with Crippen LogP contribution in [0.5, 0.6) is 0 Å². The first-order valence-electron chi connectivity index (χ1n) is 9.15.